The minimum atomic E-state index is -1.08. The lowest BCUT2D eigenvalue weighted by atomic mass is 10.1. The van der Waals surface area contributed by atoms with Gasteiger partial charge in [0.15, 0.2) is 0 Å². The van der Waals surface area contributed by atoms with Gasteiger partial charge in [-0.2, -0.15) is 0 Å². The Morgan fingerprint density at radius 1 is 0.893 bits per heavy atom. The number of carbonyl (C=O) groups excluding carboxylic acids is 1. The number of carboxylic acids is 1. The van der Waals surface area contributed by atoms with Gasteiger partial charge in [-0.25, -0.2) is 4.79 Å². The van der Waals surface area contributed by atoms with Crippen molar-refractivity contribution in [1.82, 2.24) is 0 Å². The summed E-state index contributed by atoms with van der Waals surface area (Å²) in [5.41, 5.74) is 1.86. The van der Waals surface area contributed by atoms with Crippen LogP contribution in [0.5, 0.6) is 0 Å². The van der Waals surface area contributed by atoms with E-state index < -0.39 is 5.97 Å². The Hall–Kier alpha value is -2.10. The molecule has 0 unspecified atom stereocenters. The molecule has 4 heteroatoms. The predicted octanol–water partition coefficient (Wildman–Crippen LogP) is 6.20. The number of carbonyl (C=O) groups is 2. The third-order valence-electron chi connectivity index (χ3n) is 5.46. The second-order valence-electron chi connectivity index (χ2n) is 7.76. The molecule has 0 fully saturated rings. The van der Waals surface area contributed by atoms with Crippen molar-refractivity contribution in [3.8, 4) is 0 Å². The van der Waals surface area contributed by atoms with Gasteiger partial charge in [-0.1, -0.05) is 95.8 Å². The zero-order valence-corrected chi connectivity index (χ0v) is 17.3. The lowest BCUT2D eigenvalue weighted by Crippen LogP contribution is -2.27. The standard InChI is InChI=1S/C24H35NO3/c1-2-3-4-5-6-7-8-9-10-11-12-15-18-25-22-17-14-13-16-20(22)21(24(25)28)19-23(26)27/h13-14,16-17,19H,2-12,15,18H2,1H3,(H,26,27)/b21-19+. The first-order valence-corrected chi connectivity index (χ1v) is 11.0. The minimum Gasteiger partial charge on any atom is -0.478 e. The zero-order valence-electron chi connectivity index (χ0n) is 17.3. The fourth-order valence-corrected chi connectivity index (χ4v) is 3.90. The van der Waals surface area contributed by atoms with Crippen LogP contribution in [0.25, 0.3) is 5.57 Å². The van der Waals surface area contributed by atoms with E-state index >= 15 is 0 Å². The smallest absolute Gasteiger partial charge is 0.329 e. The van der Waals surface area contributed by atoms with Crippen LogP contribution < -0.4 is 4.90 Å². The molecule has 0 aliphatic carbocycles. The lowest BCUT2D eigenvalue weighted by molar-refractivity contribution is -0.131. The number of para-hydroxylation sites is 1. The van der Waals surface area contributed by atoms with Crippen LogP contribution in [0.3, 0.4) is 0 Å². The maximum Gasteiger partial charge on any atom is 0.329 e. The first kappa shape index (κ1) is 22.2. The molecule has 1 N–H and O–H groups in total. The summed E-state index contributed by atoms with van der Waals surface area (Å²) in [5, 5.41) is 9.04. The topological polar surface area (TPSA) is 57.6 Å². The lowest BCUT2D eigenvalue weighted by Gasteiger charge is -2.16. The van der Waals surface area contributed by atoms with Gasteiger partial charge in [0, 0.05) is 18.2 Å². The molecule has 28 heavy (non-hydrogen) atoms. The number of hydrogen-bond donors (Lipinski definition) is 1. The molecule has 2 rings (SSSR count). The van der Waals surface area contributed by atoms with Gasteiger partial charge < -0.3 is 10.0 Å². The van der Waals surface area contributed by atoms with E-state index in [1.54, 1.807) is 4.90 Å². The van der Waals surface area contributed by atoms with Crippen LogP contribution in [0, 0.1) is 0 Å². The number of carboxylic acid groups (broad SMARTS) is 1. The molecule has 0 spiro atoms. The number of aliphatic carboxylic acids is 1. The number of hydrogen-bond acceptors (Lipinski definition) is 2. The van der Waals surface area contributed by atoms with E-state index in [-0.39, 0.29) is 5.91 Å². The van der Waals surface area contributed by atoms with Crippen LogP contribution in [-0.4, -0.2) is 23.5 Å². The molecule has 1 aromatic rings. The number of nitrogens with zero attached hydrogens (tertiary/aromatic N) is 1. The van der Waals surface area contributed by atoms with Gasteiger partial charge in [-0.3, -0.25) is 4.79 Å². The summed E-state index contributed by atoms with van der Waals surface area (Å²) in [6.07, 6.45) is 16.4. The number of anilines is 1. The molecule has 0 bridgehead atoms. The van der Waals surface area contributed by atoms with Gasteiger partial charge in [0.2, 0.25) is 0 Å². The Balaban J connectivity index is 1.64. The number of rotatable bonds is 14. The molecule has 0 saturated carbocycles. The number of amides is 1. The van der Waals surface area contributed by atoms with Gasteiger partial charge >= 0.3 is 5.97 Å². The van der Waals surface area contributed by atoms with Crippen LogP contribution in [0.1, 0.15) is 89.5 Å². The van der Waals surface area contributed by atoms with Crippen molar-refractivity contribution >= 4 is 23.1 Å². The van der Waals surface area contributed by atoms with E-state index in [0.717, 1.165) is 30.2 Å². The average Bonchev–Trinajstić information content (AvgIpc) is 2.94. The van der Waals surface area contributed by atoms with Gasteiger partial charge in [0.25, 0.3) is 5.91 Å². The Morgan fingerprint density at radius 3 is 2.00 bits per heavy atom. The van der Waals surface area contributed by atoms with E-state index in [1.165, 1.54) is 64.2 Å². The maximum absolute atomic E-state index is 12.6. The molecular weight excluding hydrogens is 350 g/mol. The van der Waals surface area contributed by atoms with Gasteiger partial charge in [0.1, 0.15) is 0 Å². The first-order chi connectivity index (χ1) is 13.6. The molecule has 0 atom stereocenters. The summed E-state index contributed by atoms with van der Waals surface area (Å²) in [5.74, 6) is -1.27. The van der Waals surface area contributed by atoms with Crippen LogP contribution in [-0.2, 0) is 9.59 Å². The van der Waals surface area contributed by atoms with Crippen molar-refractivity contribution in [2.75, 3.05) is 11.4 Å². The van der Waals surface area contributed by atoms with Gasteiger partial charge in [-0.05, 0) is 12.5 Å². The van der Waals surface area contributed by atoms with Crippen LogP contribution in [0.2, 0.25) is 0 Å². The normalized spacial score (nSPS) is 14.7. The molecule has 1 amide bonds. The van der Waals surface area contributed by atoms with Gasteiger partial charge in [-0.15, -0.1) is 0 Å². The molecule has 1 aliphatic heterocycles. The molecule has 1 aromatic carbocycles. The molecule has 1 heterocycles. The van der Waals surface area contributed by atoms with Crippen molar-refractivity contribution in [2.24, 2.45) is 0 Å². The molecule has 4 nitrogen and oxygen atoms in total. The molecule has 154 valence electrons. The summed E-state index contributed by atoms with van der Waals surface area (Å²) >= 11 is 0. The maximum atomic E-state index is 12.6. The highest BCUT2D eigenvalue weighted by Crippen LogP contribution is 2.36. The number of fused-ring (bicyclic) bond motifs is 1. The second-order valence-corrected chi connectivity index (χ2v) is 7.76. The second kappa shape index (κ2) is 12.4. The molecular formula is C24H35NO3. The number of unbranched alkanes of at least 4 members (excludes halogenated alkanes) is 11. The molecule has 0 aromatic heterocycles. The summed E-state index contributed by atoms with van der Waals surface area (Å²) in [7, 11) is 0. The third kappa shape index (κ3) is 6.81. The van der Waals surface area contributed by atoms with E-state index in [1.807, 2.05) is 24.3 Å². The molecule has 0 radical (unpaired) electrons. The Labute approximate surface area is 169 Å². The van der Waals surface area contributed by atoms with Crippen LogP contribution in [0.15, 0.2) is 30.3 Å². The highest BCUT2D eigenvalue weighted by Gasteiger charge is 2.32. The van der Waals surface area contributed by atoms with E-state index in [0.29, 0.717) is 12.1 Å². The summed E-state index contributed by atoms with van der Waals surface area (Å²) < 4.78 is 0. The van der Waals surface area contributed by atoms with E-state index in [4.69, 9.17) is 5.11 Å². The van der Waals surface area contributed by atoms with E-state index in [9.17, 15) is 9.59 Å². The summed E-state index contributed by atoms with van der Waals surface area (Å²) in [6.45, 7) is 2.91. The fourth-order valence-electron chi connectivity index (χ4n) is 3.90. The van der Waals surface area contributed by atoms with Crippen molar-refractivity contribution in [2.45, 2.75) is 84.0 Å². The highest BCUT2D eigenvalue weighted by atomic mass is 16.4. The highest BCUT2D eigenvalue weighted by molar-refractivity contribution is 6.34. The Bertz CT molecular complexity index is 666. The minimum absolute atomic E-state index is 0.188. The van der Waals surface area contributed by atoms with Crippen molar-refractivity contribution < 1.29 is 14.7 Å². The predicted molar refractivity (Wildman–Crippen MR) is 115 cm³/mol. The van der Waals surface area contributed by atoms with Crippen molar-refractivity contribution in [1.29, 1.82) is 0 Å². The Morgan fingerprint density at radius 2 is 1.43 bits per heavy atom. The molecule has 0 saturated heterocycles. The van der Waals surface area contributed by atoms with Crippen molar-refractivity contribution in [3.63, 3.8) is 0 Å². The van der Waals surface area contributed by atoms with Gasteiger partial charge in [0.05, 0.1) is 11.3 Å². The van der Waals surface area contributed by atoms with Crippen LogP contribution >= 0.6 is 0 Å². The average molecular weight is 386 g/mol. The largest absolute Gasteiger partial charge is 0.478 e. The number of benzene rings is 1. The quantitative estimate of drug-likeness (QED) is 0.306. The summed E-state index contributed by atoms with van der Waals surface area (Å²) in [6, 6.07) is 7.46. The monoisotopic (exact) mass is 385 g/mol. The Kier molecular flexibility index (Phi) is 9.81. The fraction of sp³-hybridized carbons (Fsp3) is 0.583. The SMILES string of the molecule is CCCCCCCCCCCCCCN1C(=O)/C(=C/C(=O)O)c2ccccc21. The van der Waals surface area contributed by atoms with Crippen LogP contribution in [0.4, 0.5) is 5.69 Å². The third-order valence-corrected chi connectivity index (χ3v) is 5.46. The molecule has 1 aliphatic rings. The first-order valence-electron chi connectivity index (χ1n) is 11.0. The van der Waals surface area contributed by atoms with Crippen molar-refractivity contribution in [3.05, 3.63) is 35.9 Å². The van der Waals surface area contributed by atoms with E-state index in [2.05, 4.69) is 6.92 Å². The summed E-state index contributed by atoms with van der Waals surface area (Å²) in [4.78, 5) is 25.4. The zero-order chi connectivity index (χ0) is 20.2.